The maximum Gasteiger partial charge on any atom is 0.336 e. The number of aryl methyl sites for hydroxylation is 2. The summed E-state index contributed by atoms with van der Waals surface area (Å²) in [5.74, 6) is 0.719. The van der Waals surface area contributed by atoms with Crippen LogP contribution in [0.4, 0.5) is 0 Å². The van der Waals surface area contributed by atoms with Gasteiger partial charge in [0.05, 0.1) is 0 Å². The average molecular weight is 302 g/mol. The summed E-state index contributed by atoms with van der Waals surface area (Å²) < 4.78 is 5.40. The summed E-state index contributed by atoms with van der Waals surface area (Å²) in [6.45, 7) is 5.87. The van der Waals surface area contributed by atoms with Crippen LogP contribution in [0.5, 0.6) is 0 Å². The third-order valence-electron chi connectivity index (χ3n) is 3.75. The molecule has 2 aromatic rings. The number of nitrogens with one attached hydrogen (secondary N) is 1. The molecule has 2 heterocycles. The van der Waals surface area contributed by atoms with E-state index in [0.717, 1.165) is 52.5 Å². The van der Waals surface area contributed by atoms with E-state index < -0.39 is 0 Å². The van der Waals surface area contributed by atoms with Gasteiger partial charge in [0.1, 0.15) is 5.58 Å². The molecule has 0 unspecified atom stereocenters. The molecule has 0 spiro atoms. The Morgan fingerprint density at radius 3 is 3.00 bits per heavy atom. The third kappa shape index (κ3) is 2.97. The van der Waals surface area contributed by atoms with Crippen LogP contribution in [0.2, 0.25) is 0 Å². The van der Waals surface area contributed by atoms with Crippen molar-refractivity contribution in [3.05, 3.63) is 45.3 Å². The summed E-state index contributed by atoms with van der Waals surface area (Å²) >= 11 is 1.64. The standard InChI is InChI=1S/C16H18N2O2S/c1-10-4-5-13-12(8-14(19)20-15(13)11(10)2)9-21-16-17-6-3-7-18-16/h4-5,8H,3,6-7,9H2,1-2H3,(H,17,18). The second-order valence-corrected chi connectivity index (χ2v) is 6.19. The molecule has 21 heavy (non-hydrogen) atoms. The van der Waals surface area contributed by atoms with Crippen molar-refractivity contribution >= 4 is 27.9 Å². The molecular weight excluding hydrogens is 284 g/mol. The summed E-state index contributed by atoms with van der Waals surface area (Å²) in [5, 5.41) is 5.26. The first kappa shape index (κ1) is 14.2. The number of nitrogens with zero attached hydrogens (tertiary/aromatic N) is 1. The summed E-state index contributed by atoms with van der Waals surface area (Å²) in [7, 11) is 0. The highest BCUT2D eigenvalue weighted by atomic mass is 32.2. The Balaban J connectivity index is 1.96. The van der Waals surface area contributed by atoms with E-state index in [1.165, 1.54) is 0 Å². The van der Waals surface area contributed by atoms with Gasteiger partial charge in [-0.2, -0.15) is 0 Å². The van der Waals surface area contributed by atoms with E-state index in [0.29, 0.717) is 5.58 Å². The summed E-state index contributed by atoms with van der Waals surface area (Å²) in [6, 6.07) is 5.70. The number of rotatable bonds is 2. The van der Waals surface area contributed by atoms with Crippen molar-refractivity contribution in [1.29, 1.82) is 0 Å². The van der Waals surface area contributed by atoms with Crippen LogP contribution >= 0.6 is 11.8 Å². The van der Waals surface area contributed by atoms with Crippen LogP contribution in [0.15, 0.2) is 32.4 Å². The Bertz CT molecular complexity index is 765. The Kier molecular flexibility index (Phi) is 4.01. The second kappa shape index (κ2) is 5.93. The molecule has 4 nitrogen and oxygen atoms in total. The van der Waals surface area contributed by atoms with Gasteiger partial charge in [0, 0.05) is 30.3 Å². The molecule has 0 amide bonds. The zero-order chi connectivity index (χ0) is 14.8. The lowest BCUT2D eigenvalue weighted by atomic mass is 10.0. The van der Waals surface area contributed by atoms with Crippen LogP contribution in [0, 0.1) is 13.8 Å². The highest BCUT2D eigenvalue weighted by Crippen LogP contribution is 2.26. The average Bonchev–Trinajstić information content (AvgIpc) is 2.50. The molecule has 0 bridgehead atoms. The van der Waals surface area contributed by atoms with Crippen LogP contribution in [-0.4, -0.2) is 18.3 Å². The van der Waals surface area contributed by atoms with Crippen molar-refractivity contribution < 1.29 is 4.42 Å². The Morgan fingerprint density at radius 1 is 1.38 bits per heavy atom. The van der Waals surface area contributed by atoms with Gasteiger partial charge in [-0.1, -0.05) is 23.9 Å². The van der Waals surface area contributed by atoms with E-state index >= 15 is 0 Å². The van der Waals surface area contributed by atoms with Gasteiger partial charge in [-0.3, -0.25) is 4.99 Å². The minimum Gasteiger partial charge on any atom is -0.422 e. The van der Waals surface area contributed by atoms with E-state index in [4.69, 9.17) is 4.42 Å². The lowest BCUT2D eigenvalue weighted by Crippen LogP contribution is -2.26. The molecule has 3 rings (SSSR count). The van der Waals surface area contributed by atoms with Crippen molar-refractivity contribution in [3.8, 4) is 0 Å². The first-order valence-corrected chi connectivity index (χ1v) is 8.08. The van der Waals surface area contributed by atoms with Gasteiger partial charge in [-0.15, -0.1) is 0 Å². The first-order valence-electron chi connectivity index (χ1n) is 7.09. The molecule has 0 saturated heterocycles. The molecule has 5 heteroatoms. The van der Waals surface area contributed by atoms with Gasteiger partial charge in [0.25, 0.3) is 0 Å². The van der Waals surface area contributed by atoms with Gasteiger partial charge in [-0.05, 0) is 37.0 Å². The number of fused-ring (bicyclic) bond motifs is 1. The van der Waals surface area contributed by atoms with Crippen molar-refractivity contribution in [2.45, 2.75) is 26.0 Å². The zero-order valence-corrected chi connectivity index (χ0v) is 13.0. The van der Waals surface area contributed by atoms with Crippen molar-refractivity contribution in [2.24, 2.45) is 4.99 Å². The SMILES string of the molecule is Cc1ccc2c(CSC3=NCCCN3)cc(=O)oc2c1C. The summed E-state index contributed by atoms with van der Waals surface area (Å²) in [6.07, 6.45) is 1.08. The predicted molar refractivity (Wildman–Crippen MR) is 88.2 cm³/mol. The number of amidine groups is 1. The molecular formula is C16H18N2O2S. The van der Waals surface area contributed by atoms with E-state index in [2.05, 4.69) is 16.4 Å². The van der Waals surface area contributed by atoms with Gasteiger partial charge >= 0.3 is 5.63 Å². The predicted octanol–water partition coefficient (Wildman–Crippen LogP) is 2.99. The summed E-state index contributed by atoms with van der Waals surface area (Å²) in [5.41, 5.74) is 3.59. The van der Waals surface area contributed by atoms with Gasteiger partial charge < -0.3 is 9.73 Å². The molecule has 0 radical (unpaired) electrons. The second-order valence-electron chi connectivity index (χ2n) is 5.23. The number of benzene rings is 1. The molecule has 0 atom stereocenters. The van der Waals surface area contributed by atoms with Crippen LogP contribution in [0.3, 0.4) is 0 Å². The molecule has 1 N–H and O–H groups in total. The Hall–Kier alpha value is -1.75. The van der Waals surface area contributed by atoms with Crippen molar-refractivity contribution in [1.82, 2.24) is 5.32 Å². The fourth-order valence-corrected chi connectivity index (χ4v) is 3.32. The van der Waals surface area contributed by atoms with Crippen molar-refractivity contribution in [2.75, 3.05) is 13.1 Å². The van der Waals surface area contributed by atoms with Crippen molar-refractivity contribution in [3.63, 3.8) is 0 Å². The number of thioether (sulfide) groups is 1. The normalized spacial score (nSPS) is 14.9. The van der Waals surface area contributed by atoms with Crippen LogP contribution in [0.1, 0.15) is 23.1 Å². The maximum absolute atomic E-state index is 11.8. The molecule has 0 aliphatic carbocycles. The minimum absolute atomic E-state index is 0.287. The molecule has 110 valence electrons. The molecule has 0 saturated carbocycles. The van der Waals surface area contributed by atoms with Crippen LogP contribution in [-0.2, 0) is 5.75 Å². The van der Waals surface area contributed by atoms with Crippen LogP contribution < -0.4 is 10.9 Å². The van der Waals surface area contributed by atoms with Crippen LogP contribution in [0.25, 0.3) is 11.0 Å². The maximum atomic E-state index is 11.8. The number of hydrogen-bond donors (Lipinski definition) is 1. The molecule has 1 aliphatic rings. The molecule has 0 fully saturated rings. The lowest BCUT2D eigenvalue weighted by Gasteiger charge is -2.14. The highest BCUT2D eigenvalue weighted by Gasteiger charge is 2.11. The molecule has 1 aromatic carbocycles. The monoisotopic (exact) mass is 302 g/mol. The first-order chi connectivity index (χ1) is 10.1. The summed E-state index contributed by atoms with van der Waals surface area (Å²) in [4.78, 5) is 16.2. The molecule has 1 aromatic heterocycles. The highest BCUT2D eigenvalue weighted by molar-refractivity contribution is 8.13. The molecule has 1 aliphatic heterocycles. The Morgan fingerprint density at radius 2 is 2.24 bits per heavy atom. The van der Waals surface area contributed by atoms with E-state index in [1.54, 1.807) is 17.8 Å². The Labute approximate surface area is 127 Å². The van der Waals surface area contributed by atoms with E-state index in [9.17, 15) is 4.79 Å². The minimum atomic E-state index is -0.287. The van der Waals surface area contributed by atoms with Gasteiger partial charge in [0.2, 0.25) is 0 Å². The smallest absolute Gasteiger partial charge is 0.336 e. The zero-order valence-electron chi connectivity index (χ0n) is 12.2. The van der Waals surface area contributed by atoms with Gasteiger partial charge in [-0.25, -0.2) is 4.79 Å². The topological polar surface area (TPSA) is 54.6 Å². The quantitative estimate of drug-likeness (QED) is 0.867. The fraction of sp³-hybridized carbons (Fsp3) is 0.375. The number of aliphatic imine (C=N–C) groups is 1. The number of hydrogen-bond acceptors (Lipinski definition) is 5. The third-order valence-corrected chi connectivity index (χ3v) is 4.75. The lowest BCUT2D eigenvalue weighted by molar-refractivity contribution is 0.557. The van der Waals surface area contributed by atoms with E-state index in [1.807, 2.05) is 19.9 Å². The van der Waals surface area contributed by atoms with Gasteiger partial charge in [0.15, 0.2) is 5.17 Å². The largest absolute Gasteiger partial charge is 0.422 e. The fourth-order valence-electron chi connectivity index (χ4n) is 2.40. The van der Waals surface area contributed by atoms with E-state index in [-0.39, 0.29) is 5.63 Å².